The van der Waals surface area contributed by atoms with E-state index in [2.05, 4.69) is 10.6 Å². The van der Waals surface area contributed by atoms with Crippen molar-refractivity contribution in [3.8, 4) is 0 Å². The monoisotopic (exact) mass is 425 g/mol. The van der Waals surface area contributed by atoms with E-state index in [1.807, 2.05) is 60.7 Å². The lowest BCUT2D eigenvalue weighted by Crippen LogP contribution is -2.55. The minimum atomic E-state index is -1.63. The molecule has 31 heavy (non-hydrogen) atoms. The van der Waals surface area contributed by atoms with Crippen LogP contribution in [0.4, 0.5) is 0 Å². The minimum Gasteiger partial charge on any atom is -0.427 e. The van der Waals surface area contributed by atoms with Gasteiger partial charge in [-0.1, -0.05) is 67.6 Å². The lowest BCUT2D eigenvalue weighted by Gasteiger charge is -2.23. The van der Waals surface area contributed by atoms with E-state index in [1.54, 1.807) is 0 Å². The van der Waals surface area contributed by atoms with Gasteiger partial charge in [0.25, 0.3) is 0 Å². The van der Waals surface area contributed by atoms with Crippen molar-refractivity contribution in [2.45, 2.75) is 38.2 Å². The molecule has 0 aliphatic rings. The average molecular weight is 425 g/mol. The smallest absolute Gasteiger partial charge is 0.427 e. The first-order chi connectivity index (χ1) is 14.8. The summed E-state index contributed by atoms with van der Waals surface area (Å²) in [4.78, 5) is 37.4. The van der Waals surface area contributed by atoms with Crippen LogP contribution in [0.2, 0.25) is 6.32 Å². The highest BCUT2D eigenvalue weighted by molar-refractivity contribution is 6.41. The topological polar surface area (TPSA) is 142 Å². The molecule has 0 saturated carbocycles. The van der Waals surface area contributed by atoms with Gasteiger partial charge < -0.3 is 26.4 Å². The van der Waals surface area contributed by atoms with Crippen LogP contribution in [0.15, 0.2) is 60.7 Å². The lowest BCUT2D eigenvalue weighted by molar-refractivity contribution is -0.132. The molecule has 3 atom stereocenters. The Bertz CT molecular complexity index is 864. The molecule has 0 bridgehead atoms. The van der Waals surface area contributed by atoms with Crippen LogP contribution in [0.1, 0.15) is 18.1 Å². The van der Waals surface area contributed by atoms with E-state index in [-0.39, 0.29) is 19.2 Å². The van der Waals surface area contributed by atoms with Crippen molar-refractivity contribution in [2.24, 2.45) is 11.7 Å². The molecule has 0 aliphatic heterocycles. The molecule has 8 nitrogen and oxygen atoms in total. The number of hydrogen-bond donors (Lipinski definition) is 5. The predicted octanol–water partition coefficient (Wildman–Crippen LogP) is 0.0356. The zero-order valence-electron chi connectivity index (χ0n) is 17.4. The Kier molecular flexibility index (Phi) is 9.24. The Balaban J connectivity index is 2.15. The molecule has 6 N–H and O–H groups in total. The molecule has 0 heterocycles. The maximum absolute atomic E-state index is 13.0. The van der Waals surface area contributed by atoms with Gasteiger partial charge in [0.2, 0.25) is 17.7 Å². The van der Waals surface area contributed by atoms with E-state index in [4.69, 9.17) is 15.8 Å². The second kappa shape index (κ2) is 11.9. The van der Waals surface area contributed by atoms with Gasteiger partial charge in [0.1, 0.15) is 12.1 Å². The molecule has 0 spiro atoms. The molecule has 0 saturated heterocycles. The van der Waals surface area contributed by atoms with Crippen molar-refractivity contribution in [3.63, 3.8) is 0 Å². The number of primary amides is 1. The van der Waals surface area contributed by atoms with Crippen molar-refractivity contribution in [1.29, 1.82) is 0 Å². The number of hydrogen-bond acceptors (Lipinski definition) is 5. The largest absolute Gasteiger partial charge is 0.452 e. The number of nitrogens with two attached hydrogens (primary N) is 1. The van der Waals surface area contributed by atoms with Gasteiger partial charge in [-0.25, -0.2) is 0 Å². The van der Waals surface area contributed by atoms with Gasteiger partial charge in [-0.15, -0.1) is 0 Å². The van der Waals surface area contributed by atoms with Crippen molar-refractivity contribution in [3.05, 3.63) is 71.8 Å². The van der Waals surface area contributed by atoms with Crippen LogP contribution in [-0.2, 0) is 27.2 Å². The Morgan fingerprint density at radius 1 is 0.839 bits per heavy atom. The molecule has 0 radical (unpaired) electrons. The third-order valence-electron chi connectivity index (χ3n) is 4.87. The summed E-state index contributed by atoms with van der Waals surface area (Å²) >= 11 is 0. The molecule has 164 valence electrons. The molecule has 0 aromatic heterocycles. The van der Waals surface area contributed by atoms with E-state index in [9.17, 15) is 14.4 Å². The van der Waals surface area contributed by atoms with Crippen molar-refractivity contribution >= 4 is 24.8 Å². The summed E-state index contributed by atoms with van der Waals surface area (Å²) in [6.45, 7) is 1.54. The fraction of sp³-hybridized carbons (Fsp3) is 0.318. The number of rotatable bonds is 11. The Morgan fingerprint density at radius 2 is 1.29 bits per heavy atom. The van der Waals surface area contributed by atoms with Crippen LogP contribution in [0.5, 0.6) is 0 Å². The lowest BCUT2D eigenvalue weighted by atomic mass is 9.78. The van der Waals surface area contributed by atoms with Crippen LogP contribution in [0, 0.1) is 5.92 Å². The summed E-state index contributed by atoms with van der Waals surface area (Å²) in [6, 6.07) is 16.4. The third-order valence-corrected chi connectivity index (χ3v) is 4.87. The second-order valence-electron chi connectivity index (χ2n) is 7.52. The Morgan fingerprint density at radius 3 is 1.74 bits per heavy atom. The van der Waals surface area contributed by atoms with E-state index >= 15 is 0 Å². The first-order valence-corrected chi connectivity index (χ1v) is 10.1. The second-order valence-corrected chi connectivity index (χ2v) is 7.52. The van der Waals surface area contributed by atoms with Gasteiger partial charge in [0.05, 0.1) is 0 Å². The predicted molar refractivity (Wildman–Crippen MR) is 118 cm³/mol. The average Bonchev–Trinajstić information content (AvgIpc) is 2.73. The fourth-order valence-corrected chi connectivity index (χ4v) is 3.14. The maximum Gasteiger partial charge on any atom is 0.452 e. The van der Waals surface area contributed by atoms with Crippen molar-refractivity contribution < 1.29 is 24.4 Å². The summed E-state index contributed by atoms with van der Waals surface area (Å²) in [5, 5.41) is 23.5. The molecule has 0 fully saturated rings. The zero-order valence-corrected chi connectivity index (χ0v) is 17.4. The van der Waals surface area contributed by atoms with Gasteiger partial charge in [-0.05, 0) is 17.4 Å². The summed E-state index contributed by atoms with van der Waals surface area (Å²) in [7, 11) is -1.63. The van der Waals surface area contributed by atoms with Crippen LogP contribution < -0.4 is 16.4 Å². The number of nitrogens with one attached hydrogen (secondary N) is 2. The van der Waals surface area contributed by atoms with Gasteiger partial charge in [-0.2, -0.15) is 0 Å². The molecule has 0 aliphatic carbocycles. The number of carbonyl (C=O) groups excluding carboxylic acids is 3. The highest BCUT2D eigenvalue weighted by atomic mass is 16.4. The van der Waals surface area contributed by atoms with Gasteiger partial charge >= 0.3 is 7.12 Å². The first kappa shape index (κ1) is 24.1. The first-order valence-electron chi connectivity index (χ1n) is 10.1. The van der Waals surface area contributed by atoms with Crippen LogP contribution in [-0.4, -0.2) is 47.0 Å². The van der Waals surface area contributed by atoms with Gasteiger partial charge in [0.15, 0.2) is 0 Å². The van der Waals surface area contributed by atoms with Crippen LogP contribution in [0.3, 0.4) is 0 Å². The minimum absolute atomic E-state index is 0.163. The molecule has 2 rings (SSSR count). The number of amides is 3. The summed E-state index contributed by atoms with van der Waals surface area (Å²) in [5.74, 6) is -2.45. The molecule has 3 unspecified atom stereocenters. The SMILES string of the molecule is CC(CB(O)O)C(=O)NC(Cc1ccccc1)C(=O)NC(Cc1ccccc1)C(N)=O. The molecule has 9 heteroatoms. The molecule has 3 amide bonds. The number of benzene rings is 2. The van der Waals surface area contributed by atoms with Crippen molar-refractivity contribution in [2.75, 3.05) is 0 Å². The molecular weight excluding hydrogens is 397 g/mol. The maximum atomic E-state index is 13.0. The zero-order chi connectivity index (χ0) is 22.8. The van der Waals surface area contributed by atoms with E-state index < -0.39 is 42.8 Å². The fourth-order valence-electron chi connectivity index (χ4n) is 3.14. The molecule has 2 aromatic carbocycles. The standard InChI is InChI=1S/C22H28BN3O5/c1-15(14-23(30)31)21(28)26-19(13-17-10-6-3-7-11-17)22(29)25-18(20(24)27)12-16-8-4-2-5-9-16/h2-11,15,18-19,30-31H,12-14H2,1H3,(H2,24,27)(H,25,29)(H,26,28). The van der Waals surface area contributed by atoms with Crippen LogP contribution >= 0.6 is 0 Å². The quantitative estimate of drug-likeness (QED) is 0.323. The molecular formula is C22H28BN3O5. The summed E-state index contributed by atoms with van der Waals surface area (Å²) < 4.78 is 0. The van der Waals surface area contributed by atoms with E-state index in [1.165, 1.54) is 6.92 Å². The summed E-state index contributed by atoms with van der Waals surface area (Å²) in [5.41, 5.74) is 7.14. The van der Waals surface area contributed by atoms with Gasteiger partial charge in [-0.3, -0.25) is 14.4 Å². The van der Waals surface area contributed by atoms with Crippen LogP contribution in [0.25, 0.3) is 0 Å². The summed E-state index contributed by atoms with van der Waals surface area (Å²) in [6.07, 6.45) is 0.258. The Hall–Kier alpha value is -3.17. The molecule has 2 aromatic rings. The van der Waals surface area contributed by atoms with Crippen molar-refractivity contribution in [1.82, 2.24) is 10.6 Å². The normalized spacial score (nSPS) is 13.5. The van der Waals surface area contributed by atoms with E-state index in [0.29, 0.717) is 0 Å². The third kappa shape index (κ3) is 8.23. The Labute approximate surface area is 182 Å². The highest BCUT2D eigenvalue weighted by Gasteiger charge is 2.28. The van der Waals surface area contributed by atoms with Gasteiger partial charge in [0, 0.05) is 18.8 Å². The highest BCUT2D eigenvalue weighted by Crippen LogP contribution is 2.09. The number of carbonyl (C=O) groups is 3. The van der Waals surface area contributed by atoms with E-state index in [0.717, 1.165) is 11.1 Å².